The van der Waals surface area contributed by atoms with E-state index in [2.05, 4.69) is 43.2 Å². The van der Waals surface area contributed by atoms with Gasteiger partial charge in [0.25, 0.3) is 0 Å². The molecule has 2 N–H and O–H groups in total. The molecule has 100 valence electrons. The lowest BCUT2D eigenvalue weighted by Crippen LogP contribution is -2.54. The van der Waals surface area contributed by atoms with Crippen molar-refractivity contribution in [3.63, 3.8) is 0 Å². The number of carbonyl (C=O) groups excluding carboxylic acids is 1. The third kappa shape index (κ3) is 5.04. The van der Waals surface area contributed by atoms with Crippen LogP contribution in [0.3, 0.4) is 0 Å². The molecule has 1 rings (SSSR count). The van der Waals surface area contributed by atoms with Crippen molar-refractivity contribution in [2.75, 3.05) is 32.7 Å². The van der Waals surface area contributed by atoms with Gasteiger partial charge in [-0.05, 0) is 19.8 Å². The lowest BCUT2D eigenvalue weighted by Gasteiger charge is -2.40. The summed E-state index contributed by atoms with van der Waals surface area (Å²) in [5.74, 6) is 0.684. The Hall–Kier alpha value is -0.610. The molecular weight excluding hydrogens is 214 g/mol. The summed E-state index contributed by atoms with van der Waals surface area (Å²) in [6.07, 6.45) is 0.583. The van der Waals surface area contributed by atoms with E-state index >= 15 is 0 Å². The molecule has 17 heavy (non-hydrogen) atoms. The van der Waals surface area contributed by atoms with E-state index in [0.717, 1.165) is 32.7 Å². The fourth-order valence-electron chi connectivity index (χ4n) is 2.16. The number of nitrogens with one attached hydrogen (secondary N) is 2. The second kappa shape index (κ2) is 6.36. The molecule has 0 bridgehead atoms. The fraction of sp³-hybridized carbons (Fsp3) is 0.923. The van der Waals surface area contributed by atoms with E-state index in [1.807, 2.05) is 0 Å². The van der Waals surface area contributed by atoms with E-state index in [-0.39, 0.29) is 11.4 Å². The number of rotatable bonds is 5. The number of amides is 1. The van der Waals surface area contributed by atoms with E-state index in [9.17, 15) is 4.79 Å². The quantitative estimate of drug-likeness (QED) is 0.749. The van der Waals surface area contributed by atoms with Crippen molar-refractivity contribution in [1.29, 1.82) is 0 Å². The van der Waals surface area contributed by atoms with Gasteiger partial charge < -0.3 is 10.6 Å². The van der Waals surface area contributed by atoms with Gasteiger partial charge in [-0.3, -0.25) is 9.69 Å². The Balaban J connectivity index is 2.38. The Morgan fingerprint density at radius 2 is 1.94 bits per heavy atom. The van der Waals surface area contributed by atoms with E-state index in [0.29, 0.717) is 12.3 Å². The molecule has 0 aliphatic carbocycles. The summed E-state index contributed by atoms with van der Waals surface area (Å²) in [5.41, 5.74) is -0.0385. The lowest BCUT2D eigenvalue weighted by atomic mass is 9.96. The SMILES string of the molecule is CC(C)CNC(=O)CC(C)(C)N1CCNCC1. The van der Waals surface area contributed by atoms with Crippen molar-refractivity contribution in [1.82, 2.24) is 15.5 Å². The van der Waals surface area contributed by atoms with Crippen LogP contribution in [0.2, 0.25) is 0 Å². The molecule has 0 radical (unpaired) electrons. The van der Waals surface area contributed by atoms with Crippen molar-refractivity contribution in [3.8, 4) is 0 Å². The predicted molar refractivity (Wildman–Crippen MR) is 71.0 cm³/mol. The van der Waals surface area contributed by atoms with Crippen LogP contribution in [-0.2, 0) is 4.79 Å². The summed E-state index contributed by atoms with van der Waals surface area (Å²) < 4.78 is 0. The lowest BCUT2D eigenvalue weighted by molar-refractivity contribution is -0.123. The maximum atomic E-state index is 11.9. The first kappa shape index (κ1) is 14.5. The highest BCUT2D eigenvalue weighted by atomic mass is 16.1. The summed E-state index contributed by atoms with van der Waals surface area (Å²) in [7, 11) is 0. The number of hydrogen-bond donors (Lipinski definition) is 2. The van der Waals surface area contributed by atoms with Crippen molar-refractivity contribution < 1.29 is 4.79 Å². The summed E-state index contributed by atoms with van der Waals surface area (Å²) in [4.78, 5) is 14.3. The molecule has 1 saturated heterocycles. The van der Waals surface area contributed by atoms with Crippen LogP contribution in [0, 0.1) is 5.92 Å². The van der Waals surface area contributed by atoms with Crippen molar-refractivity contribution in [2.24, 2.45) is 5.92 Å². The van der Waals surface area contributed by atoms with Crippen LogP contribution in [0.5, 0.6) is 0 Å². The molecule has 1 amide bonds. The Bertz CT molecular complexity index is 245. The van der Waals surface area contributed by atoms with E-state index in [1.54, 1.807) is 0 Å². The van der Waals surface area contributed by atoms with Crippen LogP contribution in [0.25, 0.3) is 0 Å². The number of piperazine rings is 1. The monoisotopic (exact) mass is 241 g/mol. The largest absolute Gasteiger partial charge is 0.356 e. The second-order valence-electron chi connectivity index (χ2n) is 5.92. The molecule has 0 aromatic heterocycles. The van der Waals surface area contributed by atoms with Gasteiger partial charge in [0.15, 0.2) is 0 Å². The van der Waals surface area contributed by atoms with E-state index in [1.165, 1.54) is 0 Å². The van der Waals surface area contributed by atoms with Gasteiger partial charge in [-0.1, -0.05) is 13.8 Å². The van der Waals surface area contributed by atoms with E-state index in [4.69, 9.17) is 0 Å². The highest BCUT2D eigenvalue weighted by Crippen LogP contribution is 2.19. The highest BCUT2D eigenvalue weighted by Gasteiger charge is 2.30. The molecule has 1 aliphatic rings. The van der Waals surface area contributed by atoms with Crippen LogP contribution >= 0.6 is 0 Å². The van der Waals surface area contributed by atoms with Crippen molar-refractivity contribution in [2.45, 2.75) is 39.7 Å². The van der Waals surface area contributed by atoms with Gasteiger partial charge in [-0.25, -0.2) is 0 Å². The average molecular weight is 241 g/mol. The van der Waals surface area contributed by atoms with Gasteiger partial charge in [-0.2, -0.15) is 0 Å². The Morgan fingerprint density at radius 1 is 1.35 bits per heavy atom. The molecule has 0 saturated carbocycles. The third-order valence-electron chi connectivity index (χ3n) is 3.27. The standard InChI is InChI=1S/C13H27N3O/c1-11(2)10-15-12(17)9-13(3,4)16-7-5-14-6-8-16/h11,14H,5-10H2,1-4H3,(H,15,17). The zero-order valence-electron chi connectivity index (χ0n) is 11.7. The zero-order chi connectivity index (χ0) is 12.9. The van der Waals surface area contributed by atoms with Crippen LogP contribution in [-0.4, -0.2) is 49.1 Å². The topological polar surface area (TPSA) is 44.4 Å². The first-order valence-corrected chi connectivity index (χ1v) is 6.64. The molecule has 4 heteroatoms. The minimum Gasteiger partial charge on any atom is -0.356 e. The number of nitrogens with zero attached hydrogens (tertiary/aromatic N) is 1. The fourth-order valence-corrected chi connectivity index (χ4v) is 2.16. The molecule has 0 unspecified atom stereocenters. The van der Waals surface area contributed by atoms with Crippen LogP contribution in [0.4, 0.5) is 0 Å². The number of hydrogen-bond acceptors (Lipinski definition) is 3. The molecule has 1 aliphatic heterocycles. The van der Waals surface area contributed by atoms with Gasteiger partial charge in [-0.15, -0.1) is 0 Å². The van der Waals surface area contributed by atoms with Crippen LogP contribution in [0.1, 0.15) is 34.1 Å². The normalized spacial score (nSPS) is 18.4. The van der Waals surface area contributed by atoms with E-state index < -0.39 is 0 Å². The second-order valence-corrected chi connectivity index (χ2v) is 5.92. The Kier molecular flexibility index (Phi) is 5.40. The average Bonchev–Trinajstić information content (AvgIpc) is 2.27. The van der Waals surface area contributed by atoms with Gasteiger partial charge in [0.1, 0.15) is 0 Å². The number of carbonyl (C=O) groups is 1. The summed E-state index contributed by atoms with van der Waals surface area (Å²) in [5, 5.41) is 6.33. The predicted octanol–water partition coefficient (Wildman–Crippen LogP) is 0.833. The molecule has 4 nitrogen and oxygen atoms in total. The third-order valence-corrected chi connectivity index (χ3v) is 3.27. The minimum absolute atomic E-state index is 0.0385. The molecule has 1 heterocycles. The Labute approximate surface area is 105 Å². The molecule has 1 fully saturated rings. The minimum atomic E-state index is -0.0385. The summed E-state index contributed by atoms with van der Waals surface area (Å²) in [6, 6.07) is 0. The van der Waals surface area contributed by atoms with Crippen molar-refractivity contribution in [3.05, 3.63) is 0 Å². The molecule has 0 spiro atoms. The maximum Gasteiger partial charge on any atom is 0.221 e. The van der Waals surface area contributed by atoms with Gasteiger partial charge in [0.2, 0.25) is 5.91 Å². The Morgan fingerprint density at radius 3 is 2.47 bits per heavy atom. The summed E-state index contributed by atoms with van der Waals surface area (Å²) in [6.45, 7) is 13.4. The highest BCUT2D eigenvalue weighted by molar-refractivity contribution is 5.77. The van der Waals surface area contributed by atoms with Crippen LogP contribution in [0.15, 0.2) is 0 Å². The van der Waals surface area contributed by atoms with Gasteiger partial charge >= 0.3 is 0 Å². The molecule has 0 aromatic rings. The van der Waals surface area contributed by atoms with Crippen molar-refractivity contribution >= 4 is 5.91 Å². The smallest absolute Gasteiger partial charge is 0.221 e. The first-order chi connectivity index (χ1) is 7.92. The maximum absolute atomic E-state index is 11.9. The zero-order valence-corrected chi connectivity index (χ0v) is 11.7. The van der Waals surface area contributed by atoms with Crippen LogP contribution < -0.4 is 10.6 Å². The molecule has 0 aromatic carbocycles. The molecule has 0 atom stereocenters. The first-order valence-electron chi connectivity index (χ1n) is 6.64. The molecular formula is C13H27N3O. The van der Waals surface area contributed by atoms with Gasteiger partial charge in [0.05, 0.1) is 0 Å². The van der Waals surface area contributed by atoms with Gasteiger partial charge in [0, 0.05) is 44.7 Å². The summed E-state index contributed by atoms with van der Waals surface area (Å²) >= 11 is 0.